The average Bonchev–Trinajstić information content (AvgIpc) is 2.58. The van der Waals surface area contributed by atoms with Crippen LogP contribution in [-0.2, 0) is 12.6 Å². The molecule has 1 aromatic carbocycles. The van der Waals surface area contributed by atoms with Crippen LogP contribution >= 0.6 is 0 Å². The van der Waals surface area contributed by atoms with Crippen LogP contribution < -0.4 is 10.6 Å². The molecule has 0 amide bonds. The van der Waals surface area contributed by atoms with E-state index in [1.54, 1.807) is 13.1 Å². The summed E-state index contributed by atoms with van der Waals surface area (Å²) in [5.41, 5.74) is 0.474. The molecule has 2 rings (SSSR count). The number of fused-ring (bicyclic) bond motifs is 1. The molecule has 1 unspecified atom stereocenters. The lowest BCUT2D eigenvalue weighted by Gasteiger charge is -2.10. The summed E-state index contributed by atoms with van der Waals surface area (Å²) in [6.07, 6.45) is -3.84. The molecule has 1 heterocycles. The SMILES string of the molecule is CNCC1Cc2c(cccc2C(F)(F)F)N1. The van der Waals surface area contributed by atoms with Crippen molar-refractivity contribution >= 4 is 5.69 Å². The van der Waals surface area contributed by atoms with Gasteiger partial charge in [-0.1, -0.05) is 6.07 Å². The van der Waals surface area contributed by atoms with Crippen molar-refractivity contribution in [2.45, 2.75) is 18.6 Å². The van der Waals surface area contributed by atoms with Crippen LogP contribution in [0.1, 0.15) is 11.1 Å². The third-order valence-electron chi connectivity index (χ3n) is 2.74. The van der Waals surface area contributed by atoms with Crippen LogP contribution in [0, 0.1) is 0 Å². The number of halogens is 3. The van der Waals surface area contributed by atoms with Crippen molar-refractivity contribution in [1.29, 1.82) is 0 Å². The Hall–Kier alpha value is -1.23. The molecule has 0 bridgehead atoms. The minimum absolute atomic E-state index is 0.0449. The molecule has 0 fully saturated rings. The van der Waals surface area contributed by atoms with Gasteiger partial charge >= 0.3 is 6.18 Å². The van der Waals surface area contributed by atoms with Gasteiger partial charge in [-0.25, -0.2) is 0 Å². The molecule has 2 nitrogen and oxygen atoms in total. The third kappa shape index (κ3) is 2.00. The molecule has 1 aliphatic heterocycles. The first kappa shape index (κ1) is 11.3. The molecular formula is C11H13F3N2. The molecular weight excluding hydrogens is 217 g/mol. The summed E-state index contributed by atoms with van der Waals surface area (Å²) in [6.45, 7) is 0.659. The second kappa shape index (κ2) is 3.97. The smallest absolute Gasteiger partial charge is 0.380 e. The number of benzene rings is 1. The minimum atomic E-state index is -4.26. The Kier molecular flexibility index (Phi) is 2.80. The van der Waals surface area contributed by atoms with Crippen LogP contribution in [0.5, 0.6) is 0 Å². The first-order chi connectivity index (χ1) is 7.52. The highest BCUT2D eigenvalue weighted by molar-refractivity contribution is 5.60. The lowest BCUT2D eigenvalue weighted by molar-refractivity contribution is -0.138. The fraction of sp³-hybridized carbons (Fsp3) is 0.455. The van der Waals surface area contributed by atoms with Crippen molar-refractivity contribution in [2.75, 3.05) is 18.9 Å². The molecule has 1 atom stereocenters. The topological polar surface area (TPSA) is 24.1 Å². The van der Waals surface area contributed by atoms with Crippen molar-refractivity contribution in [3.05, 3.63) is 29.3 Å². The van der Waals surface area contributed by atoms with Gasteiger partial charge in [0, 0.05) is 18.3 Å². The van der Waals surface area contributed by atoms with E-state index in [9.17, 15) is 13.2 Å². The Morgan fingerprint density at radius 3 is 2.81 bits per heavy atom. The maximum absolute atomic E-state index is 12.7. The fourth-order valence-electron chi connectivity index (χ4n) is 2.09. The highest BCUT2D eigenvalue weighted by Gasteiger charge is 2.36. The predicted molar refractivity (Wildman–Crippen MR) is 56.5 cm³/mol. The van der Waals surface area contributed by atoms with Gasteiger partial charge in [0.25, 0.3) is 0 Å². The highest BCUT2D eigenvalue weighted by Crippen LogP contribution is 2.38. The van der Waals surface area contributed by atoms with E-state index in [0.717, 1.165) is 6.07 Å². The number of rotatable bonds is 2. The summed E-state index contributed by atoms with van der Waals surface area (Å²) >= 11 is 0. The monoisotopic (exact) mass is 230 g/mol. The zero-order valence-corrected chi connectivity index (χ0v) is 8.86. The molecule has 0 aromatic heterocycles. The van der Waals surface area contributed by atoms with Gasteiger partial charge in [-0.15, -0.1) is 0 Å². The maximum Gasteiger partial charge on any atom is 0.416 e. The van der Waals surface area contributed by atoms with Gasteiger partial charge in [0.1, 0.15) is 0 Å². The number of hydrogen-bond donors (Lipinski definition) is 2. The van der Waals surface area contributed by atoms with E-state index in [1.807, 2.05) is 0 Å². The first-order valence-electron chi connectivity index (χ1n) is 5.12. The molecule has 0 aliphatic carbocycles. The van der Waals surface area contributed by atoms with Crippen LogP contribution in [0.2, 0.25) is 0 Å². The zero-order chi connectivity index (χ0) is 11.8. The summed E-state index contributed by atoms with van der Waals surface area (Å²) in [4.78, 5) is 0. The Morgan fingerprint density at radius 1 is 1.44 bits per heavy atom. The maximum atomic E-state index is 12.7. The van der Waals surface area contributed by atoms with Gasteiger partial charge in [0.05, 0.1) is 5.56 Å². The average molecular weight is 230 g/mol. The van der Waals surface area contributed by atoms with Gasteiger partial charge < -0.3 is 10.6 Å². The molecule has 1 aliphatic rings. The van der Waals surface area contributed by atoms with Crippen molar-refractivity contribution < 1.29 is 13.2 Å². The molecule has 5 heteroatoms. The predicted octanol–water partition coefficient (Wildman–Crippen LogP) is 2.26. The Labute approximate surface area is 91.8 Å². The van der Waals surface area contributed by atoms with Gasteiger partial charge in [0.15, 0.2) is 0 Å². The van der Waals surface area contributed by atoms with E-state index in [1.165, 1.54) is 6.07 Å². The van der Waals surface area contributed by atoms with E-state index < -0.39 is 11.7 Å². The summed E-state index contributed by atoms with van der Waals surface area (Å²) in [5.74, 6) is 0. The summed E-state index contributed by atoms with van der Waals surface area (Å²) < 4.78 is 38.1. The first-order valence-corrected chi connectivity index (χ1v) is 5.12. The highest BCUT2D eigenvalue weighted by atomic mass is 19.4. The molecule has 0 saturated carbocycles. The van der Waals surface area contributed by atoms with Crippen molar-refractivity contribution in [3.63, 3.8) is 0 Å². The van der Waals surface area contributed by atoms with Crippen LogP contribution in [0.25, 0.3) is 0 Å². The van der Waals surface area contributed by atoms with E-state index in [2.05, 4.69) is 10.6 Å². The van der Waals surface area contributed by atoms with Gasteiger partial charge in [0.2, 0.25) is 0 Å². The van der Waals surface area contributed by atoms with Gasteiger partial charge in [-0.3, -0.25) is 0 Å². The molecule has 2 N–H and O–H groups in total. The fourth-order valence-corrected chi connectivity index (χ4v) is 2.09. The Balaban J connectivity index is 2.31. The Morgan fingerprint density at radius 2 is 2.19 bits per heavy atom. The summed E-state index contributed by atoms with van der Waals surface area (Å²) in [6, 6.07) is 4.32. The molecule has 0 saturated heterocycles. The van der Waals surface area contributed by atoms with E-state index in [0.29, 0.717) is 24.2 Å². The van der Waals surface area contributed by atoms with Crippen molar-refractivity contribution in [3.8, 4) is 0 Å². The molecule has 16 heavy (non-hydrogen) atoms. The lowest BCUT2D eigenvalue weighted by atomic mass is 10.0. The van der Waals surface area contributed by atoms with Crippen LogP contribution in [0.15, 0.2) is 18.2 Å². The van der Waals surface area contributed by atoms with E-state index in [-0.39, 0.29) is 6.04 Å². The van der Waals surface area contributed by atoms with E-state index in [4.69, 9.17) is 0 Å². The Bertz CT molecular complexity index is 387. The second-order valence-electron chi connectivity index (χ2n) is 3.93. The normalized spacial score (nSPS) is 19.4. The van der Waals surface area contributed by atoms with Crippen LogP contribution in [0.3, 0.4) is 0 Å². The largest absolute Gasteiger partial charge is 0.416 e. The number of hydrogen-bond acceptors (Lipinski definition) is 2. The van der Waals surface area contributed by atoms with Crippen molar-refractivity contribution in [1.82, 2.24) is 5.32 Å². The lowest BCUT2D eigenvalue weighted by Crippen LogP contribution is -2.28. The molecule has 0 spiro atoms. The van der Waals surface area contributed by atoms with Crippen LogP contribution in [0.4, 0.5) is 18.9 Å². The second-order valence-corrected chi connectivity index (χ2v) is 3.93. The van der Waals surface area contributed by atoms with Crippen LogP contribution in [-0.4, -0.2) is 19.6 Å². The standard InChI is InChI=1S/C11H13F3N2/c1-15-6-7-5-8-9(11(12,13)14)3-2-4-10(8)16-7/h2-4,7,15-16H,5-6H2,1H3. The van der Waals surface area contributed by atoms with Gasteiger partial charge in [-0.2, -0.15) is 13.2 Å². The number of alkyl halides is 3. The zero-order valence-electron chi connectivity index (χ0n) is 8.86. The third-order valence-corrected chi connectivity index (χ3v) is 2.74. The molecule has 0 radical (unpaired) electrons. The quantitative estimate of drug-likeness (QED) is 0.814. The molecule has 88 valence electrons. The molecule has 1 aromatic rings. The minimum Gasteiger partial charge on any atom is -0.380 e. The summed E-state index contributed by atoms with van der Waals surface area (Å²) in [5, 5.41) is 6.04. The van der Waals surface area contributed by atoms with Crippen molar-refractivity contribution in [2.24, 2.45) is 0 Å². The number of likely N-dealkylation sites (N-methyl/N-ethyl adjacent to an activating group) is 1. The van der Waals surface area contributed by atoms with E-state index >= 15 is 0 Å². The number of anilines is 1. The number of nitrogens with one attached hydrogen (secondary N) is 2. The summed E-state index contributed by atoms with van der Waals surface area (Å²) in [7, 11) is 1.79. The van der Waals surface area contributed by atoms with Gasteiger partial charge in [-0.05, 0) is 31.2 Å².